The van der Waals surface area contributed by atoms with Crippen molar-refractivity contribution in [3.63, 3.8) is 0 Å². The predicted octanol–water partition coefficient (Wildman–Crippen LogP) is 4.13. The highest BCUT2D eigenvalue weighted by Gasteiger charge is 2.11. The van der Waals surface area contributed by atoms with E-state index < -0.39 is 10.8 Å². The summed E-state index contributed by atoms with van der Waals surface area (Å²) in [5.41, 5.74) is 3.80. The molecule has 0 fully saturated rings. The number of nitrogens with one attached hydrogen (secondary N) is 1. The van der Waals surface area contributed by atoms with Crippen molar-refractivity contribution in [1.82, 2.24) is 5.43 Å². The molecule has 0 aliphatic heterocycles. The molecule has 1 N–H and O–H groups in total. The third kappa shape index (κ3) is 4.23. The van der Waals surface area contributed by atoms with Gasteiger partial charge in [-0.05, 0) is 30.3 Å². The molecule has 0 radical (unpaired) electrons. The van der Waals surface area contributed by atoms with E-state index in [0.717, 1.165) is 0 Å². The molecule has 0 atom stereocenters. The number of para-hydroxylation sites is 2. The van der Waals surface area contributed by atoms with Crippen LogP contribution >= 0.6 is 0 Å². The van der Waals surface area contributed by atoms with E-state index in [9.17, 15) is 19.7 Å². The summed E-state index contributed by atoms with van der Waals surface area (Å²) in [4.78, 5) is 35.1. The lowest BCUT2D eigenvalue weighted by atomic mass is 10.1. The highest BCUT2D eigenvalue weighted by atomic mass is 16.6. The summed E-state index contributed by atoms with van der Waals surface area (Å²) in [6.07, 6.45) is 1.22. The normalized spacial score (nSPS) is 11.0. The molecule has 8 nitrogen and oxygen atoms in total. The van der Waals surface area contributed by atoms with Crippen LogP contribution in [0.3, 0.4) is 0 Å². The van der Waals surface area contributed by atoms with Crippen molar-refractivity contribution in [2.24, 2.45) is 5.10 Å². The van der Waals surface area contributed by atoms with Crippen LogP contribution in [0.4, 0.5) is 5.69 Å². The first-order valence-electron chi connectivity index (χ1n) is 9.23. The van der Waals surface area contributed by atoms with E-state index in [1.165, 1.54) is 24.4 Å². The van der Waals surface area contributed by atoms with Gasteiger partial charge in [0.2, 0.25) is 0 Å². The number of hydrogen-bond donors (Lipinski definition) is 1. The van der Waals surface area contributed by atoms with E-state index in [1.54, 1.807) is 60.7 Å². The van der Waals surface area contributed by atoms with Crippen molar-refractivity contribution in [2.45, 2.75) is 0 Å². The minimum atomic E-state index is -0.521. The molecule has 152 valence electrons. The van der Waals surface area contributed by atoms with Crippen LogP contribution < -0.4 is 10.9 Å². The number of benzene rings is 3. The van der Waals surface area contributed by atoms with Crippen LogP contribution in [0.5, 0.6) is 0 Å². The fourth-order valence-corrected chi connectivity index (χ4v) is 3.02. The summed E-state index contributed by atoms with van der Waals surface area (Å²) in [6.45, 7) is 0. The topological polar surface area (TPSA) is 115 Å². The van der Waals surface area contributed by atoms with Crippen molar-refractivity contribution in [2.75, 3.05) is 0 Å². The zero-order chi connectivity index (χ0) is 21.8. The Kier molecular flexibility index (Phi) is 5.35. The summed E-state index contributed by atoms with van der Waals surface area (Å²) in [6, 6.07) is 20.9. The third-order valence-electron chi connectivity index (χ3n) is 4.57. The molecular formula is C23H15N3O5. The lowest BCUT2D eigenvalue weighted by molar-refractivity contribution is -0.385. The molecule has 8 heteroatoms. The second-order valence-electron chi connectivity index (χ2n) is 6.56. The van der Waals surface area contributed by atoms with Crippen LogP contribution in [-0.2, 0) is 0 Å². The van der Waals surface area contributed by atoms with Gasteiger partial charge in [-0.2, -0.15) is 5.10 Å². The molecule has 0 bridgehead atoms. The molecule has 4 rings (SSSR count). The fraction of sp³-hybridized carbons (Fsp3) is 0. The summed E-state index contributed by atoms with van der Waals surface area (Å²) in [5, 5.41) is 15.3. The Hall–Kier alpha value is -4.59. The average molecular weight is 413 g/mol. The summed E-state index contributed by atoms with van der Waals surface area (Å²) in [5.74, 6) is -0.0913. The highest BCUT2D eigenvalue weighted by molar-refractivity contribution is 5.95. The molecule has 4 aromatic rings. The number of fused-ring (bicyclic) bond motifs is 1. The molecule has 1 amide bonds. The first kappa shape index (κ1) is 19.7. The maximum absolute atomic E-state index is 12.3. The monoisotopic (exact) mass is 413 g/mol. The molecule has 0 spiro atoms. The lowest BCUT2D eigenvalue weighted by Gasteiger charge is -2.05. The predicted molar refractivity (Wildman–Crippen MR) is 116 cm³/mol. The molecule has 31 heavy (non-hydrogen) atoms. The first-order valence-corrected chi connectivity index (χ1v) is 9.23. The summed E-state index contributed by atoms with van der Waals surface area (Å²) >= 11 is 0. The van der Waals surface area contributed by atoms with Crippen molar-refractivity contribution in [1.29, 1.82) is 0 Å². The molecular weight excluding hydrogens is 398 g/mol. The minimum Gasteiger partial charge on any atom is -0.456 e. The molecule has 0 aliphatic rings. The zero-order valence-electron chi connectivity index (χ0n) is 16.0. The third-order valence-corrected chi connectivity index (χ3v) is 4.57. The fourth-order valence-electron chi connectivity index (χ4n) is 3.02. The second-order valence-corrected chi connectivity index (χ2v) is 6.56. The average Bonchev–Trinajstić information content (AvgIpc) is 2.79. The molecule has 1 aromatic heterocycles. The molecule has 0 aliphatic carbocycles. The van der Waals surface area contributed by atoms with Gasteiger partial charge in [0, 0.05) is 23.3 Å². The van der Waals surface area contributed by atoms with Crippen molar-refractivity contribution in [3.8, 4) is 11.3 Å². The highest BCUT2D eigenvalue weighted by Crippen LogP contribution is 2.22. The number of carbonyl (C=O) groups excluding carboxylic acids is 1. The van der Waals surface area contributed by atoms with Gasteiger partial charge in [-0.1, -0.05) is 36.4 Å². The number of hydrogen-bond acceptors (Lipinski definition) is 6. The van der Waals surface area contributed by atoms with Crippen LogP contribution in [0.2, 0.25) is 0 Å². The maximum Gasteiger partial charge on any atom is 0.278 e. The zero-order valence-corrected chi connectivity index (χ0v) is 16.0. The Morgan fingerprint density at radius 2 is 1.71 bits per heavy atom. The van der Waals surface area contributed by atoms with Crippen molar-refractivity contribution < 1.29 is 14.1 Å². The van der Waals surface area contributed by atoms with Gasteiger partial charge in [-0.3, -0.25) is 19.7 Å². The molecule has 0 unspecified atom stereocenters. The molecule has 3 aromatic carbocycles. The number of hydrazone groups is 1. The molecule has 0 saturated carbocycles. The van der Waals surface area contributed by atoms with Gasteiger partial charge in [-0.15, -0.1) is 0 Å². The number of amides is 1. The number of nitro groups is 1. The van der Waals surface area contributed by atoms with Gasteiger partial charge in [0.15, 0.2) is 5.43 Å². The van der Waals surface area contributed by atoms with Crippen LogP contribution in [0.1, 0.15) is 15.9 Å². The van der Waals surface area contributed by atoms with Crippen molar-refractivity contribution >= 4 is 28.8 Å². The Morgan fingerprint density at radius 1 is 1.00 bits per heavy atom. The number of carbonyl (C=O) groups is 1. The van der Waals surface area contributed by atoms with Crippen LogP contribution in [0.15, 0.2) is 93.2 Å². The van der Waals surface area contributed by atoms with Crippen LogP contribution in [0.25, 0.3) is 22.3 Å². The summed E-state index contributed by atoms with van der Waals surface area (Å²) in [7, 11) is 0. The van der Waals surface area contributed by atoms with Gasteiger partial charge in [0.05, 0.1) is 22.1 Å². The Morgan fingerprint density at radius 3 is 2.48 bits per heavy atom. The van der Waals surface area contributed by atoms with Gasteiger partial charge in [0.1, 0.15) is 11.3 Å². The van der Waals surface area contributed by atoms with Gasteiger partial charge in [0.25, 0.3) is 11.6 Å². The quantitative estimate of drug-likeness (QED) is 0.300. The van der Waals surface area contributed by atoms with E-state index in [0.29, 0.717) is 27.9 Å². The number of nitrogens with zero attached hydrogens (tertiary/aromatic N) is 2. The van der Waals surface area contributed by atoms with Crippen LogP contribution in [0, 0.1) is 10.1 Å². The molecule has 0 saturated heterocycles. The van der Waals surface area contributed by atoms with Gasteiger partial charge >= 0.3 is 0 Å². The second kappa shape index (κ2) is 8.42. The minimum absolute atomic E-state index is 0.110. The lowest BCUT2D eigenvalue weighted by Crippen LogP contribution is -2.17. The van der Waals surface area contributed by atoms with Gasteiger partial charge < -0.3 is 4.42 Å². The summed E-state index contributed by atoms with van der Waals surface area (Å²) < 4.78 is 5.79. The standard InChI is InChI=1S/C23H15N3O5/c27-20-13-22(31-21-8-4-2-6-18(20)21)15-9-11-16(12-10-15)23(28)25-24-14-17-5-1-3-7-19(17)26(29)30/h1-14H,(H,25,28)/b24-14+. The Labute approximate surface area is 175 Å². The molecule has 1 heterocycles. The van der Waals surface area contributed by atoms with Gasteiger partial charge in [-0.25, -0.2) is 5.43 Å². The maximum atomic E-state index is 12.3. The van der Waals surface area contributed by atoms with E-state index in [4.69, 9.17) is 4.42 Å². The van der Waals surface area contributed by atoms with E-state index in [2.05, 4.69) is 10.5 Å². The van der Waals surface area contributed by atoms with Crippen molar-refractivity contribution in [3.05, 3.63) is 110 Å². The SMILES string of the molecule is O=C(N/N=C/c1ccccc1[N+](=O)[O-])c1ccc(-c2cc(=O)c3ccccc3o2)cc1. The largest absolute Gasteiger partial charge is 0.456 e. The van der Waals surface area contributed by atoms with E-state index in [-0.39, 0.29) is 16.7 Å². The first-order chi connectivity index (χ1) is 15.0. The van der Waals surface area contributed by atoms with Crippen LogP contribution in [-0.4, -0.2) is 17.0 Å². The smallest absolute Gasteiger partial charge is 0.278 e. The number of nitro benzene ring substituents is 1. The number of rotatable bonds is 5. The van der Waals surface area contributed by atoms with E-state index >= 15 is 0 Å². The Bertz CT molecular complexity index is 1370. The van der Waals surface area contributed by atoms with E-state index in [1.807, 2.05) is 0 Å². The Balaban J connectivity index is 1.50.